The summed E-state index contributed by atoms with van der Waals surface area (Å²) in [5, 5.41) is 9.33. The molecule has 3 heterocycles. The van der Waals surface area contributed by atoms with Crippen molar-refractivity contribution in [1.29, 1.82) is 0 Å². The number of rotatable bonds is 5. The first-order valence-corrected chi connectivity index (χ1v) is 8.55. The molecular formula is C15H21N5O2S. The van der Waals surface area contributed by atoms with Crippen LogP contribution < -0.4 is 5.32 Å². The molecule has 0 aliphatic carbocycles. The van der Waals surface area contributed by atoms with Crippen molar-refractivity contribution in [2.24, 2.45) is 0 Å². The van der Waals surface area contributed by atoms with Crippen LogP contribution in [0, 0.1) is 6.92 Å². The maximum absolute atomic E-state index is 11.0. The third kappa shape index (κ3) is 4.60. The number of piperazine rings is 1. The second-order valence-electron chi connectivity index (χ2n) is 5.81. The van der Waals surface area contributed by atoms with Crippen molar-refractivity contribution < 1.29 is 9.32 Å². The summed E-state index contributed by atoms with van der Waals surface area (Å²) in [7, 11) is 0. The lowest BCUT2D eigenvalue weighted by atomic mass is 10.2. The third-order valence-electron chi connectivity index (χ3n) is 3.74. The van der Waals surface area contributed by atoms with Crippen molar-refractivity contribution in [3.63, 3.8) is 0 Å². The van der Waals surface area contributed by atoms with Crippen molar-refractivity contribution in [3.8, 4) is 0 Å². The van der Waals surface area contributed by atoms with E-state index in [2.05, 4.69) is 25.3 Å². The van der Waals surface area contributed by atoms with E-state index in [4.69, 9.17) is 4.52 Å². The van der Waals surface area contributed by atoms with E-state index < -0.39 is 0 Å². The first-order valence-electron chi connectivity index (χ1n) is 7.67. The summed E-state index contributed by atoms with van der Waals surface area (Å²) in [6.07, 6.45) is 0. The minimum Gasteiger partial charge on any atom is -0.360 e. The van der Waals surface area contributed by atoms with Crippen LogP contribution in [0.1, 0.15) is 24.1 Å². The van der Waals surface area contributed by atoms with E-state index in [1.165, 1.54) is 18.3 Å². The van der Waals surface area contributed by atoms with Crippen LogP contribution in [0.3, 0.4) is 0 Å². The van der Waals surface area contributed by atoms with Crippen molar-refractivity contribution in [1.82, 2.24) is 19.9 Å². The number of amides is 1. The molecule has 0 unspecified atom stereocenters. The van der Waals surface area contributed by atoms with Crippen LogP contribution in [0.4, 0.5) is 5.13 Å². The predicted octanol–water partition coefficient (Wildman–Crippen LogP) is 1.72. The van der Waals surface area contributed by atoms with E-state index in [9.17, 15) is 4.79 Å². The highest BCUT2D eigenvalue weighted by Gasteiger charge is 2.19. The highest BCUT2D eigenvalue weighted by atomic mass is 32.1. The lowest BCUT2D eigenvalue weighted by molar-refractivity contribution is -0.114. The number of carbonyl (C=O) groups is 1. The van der Waals surface area contributed by atoms with Gasteiger partial charge in [-0.05, 0) is 6.92 Å². The topological polar surface area (TPSA) is 74.5 Å². The van der Waals surface area contributed by atoms with Gasteiger partial charge in [0.15, 0.2) is 10.9 Å². The van der Waals surface area contributed by atoms with E-state index in [1.807, 2.05) is 18.4 Å². The lowest BCUT2D eigenvalue weighted by Gasteiger charge is -2.33. The van der Waals surface area contributed by atoms with Gasteiger partial charge in [-0.25, -0.2) is 4.98 Å². The van der Waals surface area contributed by atoms with E-state index in [0.29, 0.717) is 5.13 Å². The van der Waals surface area contributed by atoms with Gasteiger partial charge >= 0.3 is 0 Å². The summed E-state index contributed by atoms with van der Waals surface area (Å²) >= 11 is 1.47. The summed E-state index contributed by atoms with van der Waals surface area (Å²) in [6, 6.07) is 1.99. The molecule has 1 aliphatic heterocycles. The molecule has 2 aromatic heterocycles. The number of nitrogens with one attached hydrogen (secondary N) is 1. The van der Waals surface area contributed by atoms with Crippen molar-refractivity contribution in [2.75, 3.05) is 31.5 Å². The zero-order chi connectivity index (χ0) is 16.2. The number of nitrogens with zero attached hydrogens (tertiary/aromatic N) is 4. The zero-order valence-corrected chi connectivity index (χ0v) is 14.2. The van der Waals surface area contributed by atoms with Gasteiger partial charge < -0.3 is 9.84 Å². The molecule has 8 heteroatoms. The lowest BCUT2D eigenvalue weighted by Crippen LogP contribution is -2.45. The quantitative estimate of drug-likeness (QED) is 0.897. The SMILES string of the molecule is CC(=O)Nc1nc(CN2CCN(Cc3cc(C)no3)CC2)cs1. The number of carbonyl (C=O) groups excluding carboxylic acids is 1. The fourth-order valence-corrected chi connectivity index (χ4v) is 3.38. The predicted molar refractivity (Wildman–Crippen MR) is 88.2 cm³/mol. The largest absolute Gasteiger partial charge is 0.360 e. The van der Waals surface area contributed by atoms with Crippen LogP contribution in [0.2, 0.25) is 0 Å². The fourth-order valence-electron chi connectivity index (χ4n) is 2.63. The van der Waals surface area contributed by atoms with Crippen LogP contribution in [0.25, 0.3) is 0 Å². The monoisotopic (exact) mass is 335 g/mol. The molecule has 23 heavy (non-hydrogen) atoms. The number of hydrogen-bond donors (Lipinski definition) is 1. The highest BCUT2D eigenvalue weighted by molar-refractivity contribution is 7.13. The molecule has 0 aromatic carbocycles. The van der Waals surface area contributed by atoms with E-state index in [-0.39, 0.29) is 5.91 Å². The zero-order valence-electron chi connectivity index (χ0n) is 13.4. The van der Waals surface area contributed by atoms with Gasteiger partial charge in [-0.15, -0.1) is 11.3 Å². The normalized spacial score (nSPS) is 16.6. The number of aromatic nitrogens is 2. The van der Waals surface area contributed by atoms with Gasteiger partial charge in [0, 0.05) is 51.1 Å². The standard InChI is InChI=1S/C15H21N5O2S/c1-11-7-14(22-18-11)9-20-5-3-19(4-6-20)8-13-10-23-15(17-13)16-12(2)21/h7,10H,3-6,8-9H2,1-2H3,(H,16,17,21). The number of anilines is 1. The first-order chi connectivity index (χ1) is 11.1. The molecule has 0 radical (unpaired) electrons. The summed E-state index contributed by atoms with van der Waals surface area (Å²) in [5.74, 6) is 0.845. The third-order valence-corrected chi connectivity index (χ3v) is 4.55. The van der Waals surface area contributed by atoms with Gasteiger partial charge in [0.25, 0.3) is 0 Å². The molecule has 0 saturated carbocycles. The molecule has 7 nitrogen and oxygen atoms in total. The number of hydrogen-bond acceptors (Lipinski definition) is 7. The summed E-state index contributed by atoms with van der Waals surface area (Å²) in [4.78, 5) is 20.2. The second kappa shape index (κ2) is 7.20. The Hall–Kier alpha value is -1.77. The smallest absolute Gasteiger partial charge is 0.223 e. The first kappa shape index (κ1) is 16.1. The van der Waals surface area contributed by atoms with Gasteiger partial charge in [0.1, 0.15) is 0 Å². The van der Waals surface area contributed by atoms with Gasteiger partial charge in [0.05, 0.1) is 17.9 Å². The molecule has 0 spiro atoms. The Kier molecular flexibility index (Phi) is 5.04. The Morgan fingerprint density at radius 2 is 2.00 bits per heavy atom. The molecular weight excluding hydrogens is 314 g/mol. The van der Waals surface area contributed by atoms with Crippen LogP contribution in [0.15, 0.2) is 16.0 Å². The molecule has 2 aromatic rings. The van der Waals surface area contributed by atoms with Crippen molar-refractivity contribution in [3.05, 3.63) is 28.6 Å². The molecule has 1 fully saturated rings. The number of aryl methyl sites for hydroxylation is 1. The van der Waals surface area contributed by atoms with Crippen molar-refractivity contribution >= 4 is 22.4 Å². The van der Waals surface area contributed by atoms with Crippen LogP contribution >= 0.6 is 11.3 Å². The molecule has 0 atom stereocenters. The van der Waals surface area contributed by atoms with Gasteiger partial charge in [-0.3, -0.25) is 14.6 Å². The molecule has 1 saturated heterocycles. The summed E-state index contributed by atoms with van der Waals surface area (Å²) < 4.78 is 5.28. The summed E-state index contributed by atoms with van der Waals surface area (Å²) in [6.45, 7) is 9.08. The molecule has 124 valence electrons. The maximum atomic E-state index is 11.0. The van der Waals surface area contributed by atoms with Crippen LogP contribution in [-0.2, 0) is 17.9 Å². The van der Waals surface area contributed by atoms with Gasteiger partial charge in [-0.1, -0.05) is 5.16 Å². The minimum absolute atomic E-state index is 0.0813. The molecule has 0 bridgehead atoms. The Morgan fingerprint density at radius 1 is 1.30 bits per heavy atom. The summed E-state index contributed by atoms with van der Waals surface area (Å²) in [5.41, 5.74) is 1.94. The Balaban J connectivity index is 1.45. The Morgan fingerprint density at radius 3 is 2.61 bits per heavy atom. The molecule has 1 aliphatic rings. The minimum atomic E-state index is -0.0813. The Bertz CT molecular complexity index is 660. The van der Waals surface area contributed by atoms with E-state index >= 15 is 0 Å². The van der Waals surface area contributed by atoms with Crippen LogP contribution in [0.5, 0.6) is 0 Å². The Labute approximate surface area is 139 Å². The molecule has 1 amide bonds. The number of thiazole rings is 1. The molecule has 1 N–H and O–H groups in total. The maximum Gasteiger partial charge on any atom is 0.223 e. The second-order valence-corrected chi connectivity index (χ2v) is 6.67. The van der Waals surface area contributed by atoms with E-state index in [0.717, 1.165) is 56.4 Å². The van der Waals surface area contributed by atoms with E-state index in [1.54, 1.807) is 0 Å². The average Bonchev–Trinajstić information content (AvgIpc) is 3.10. The van der Waals surface area contributed by atoms with Gasteiger partial charge in [-0.2, -0.15) is 0 Å². The highest BCUT2D eigenvalue weighted by Crippen LogP contribution is 2.18. The van der Waals surface area contributed by atoms with Crippen molar-refractivity contribution in [2.45, 2.75) is 26.9 Å². The van der Waals surface area contributed by atoms with Gasteiger partial charge in [0.2, 0.25) is 5.91 Å². The van der Waals surface area contributed by atoms with Crippen LogP contribution in [-0.4, -0.2) is 52.0 Å². The average molecular weight is 335 g/mol. The fraction of sp³-hybridized carbons (Fsp3) is 0.533. The molecule has 3 rings (SSSR count).